The lowest BCUT2D eigenvalue weighted by Crippen LogP contribution is -2.69. The van der Waals surface area contributed by atoms with E-state index in [0.29, 0.717) is 64.6 Å². The standard InChI is InChI=1S/C30H51N9O6/c1-17(2)16-20-25(40)35-24(18(3)4)30(45)39-23(12-9-15-33-39)29(44)38-22(11-8-14-32-38)28(43)36(6)19(5)27(42)37-21(26(41)34-20)10-7-13-31-37/h17-24,31-33H,7-16H2,1-6H3,(H,34,41)(H,35,40)/t19-,20-,21-,22-,23-,24-/m0/s1. The lowest BCUT2D eigenvalue weighted by molar-refractivity contribution is -0.164. The Hall–Kier alpha value is -3.30. The summed E-state index contributed by atoms with van der Waals surface area (Å²) in [4.78, 5) is 84.8. The van der Waals surface area contributed by atoms with E-state index in [2.05, 4.69) is 26.9 Å². The van der Waals surface area contributed by atoms with Crippen LogP contribution in [0.2, 0.25) is 0 Å². The van der Waals surface area contributed by atoms with E-state index in [1.54, 1.807) is 20.8 Å². The molecular formula is C30H51N9O6. The molecule has 0 aromatic heterocycles. The minimum Gasteiger partial charge on any atom is -0.342 e. The van der Waals surface area contributed by atoms with Crippen LogP contribution in [0.1, 0.15) is 79.6 Å². The van der Waals surface area contributed by atoms with Crippen molar-refractivity contribution in [2.45, 2.75) is 116 Å². The SMILES string of the molecule is CC(C)C[C@@H]1NC(=O)[C@@H]2CCCNN2C(=O)[C@H](C)N(C)C(=O)[C@@H]2CCCNN2C(=O)[C@@H]2CCCNN2C(=O)[C@H](C(C)C)NC1=O. The van der Waals surface area contributed by atoms with Gasteiger partial charge in [-0.3, -0.25) is 43.8 Å². The highest BCUT2D eigenvalue weighted by Crippen LogP contribution is 2.23. The van der Waals surface area contributed by atoms with E-state index in [4.69, 9.17) is 0 Å². The van der Waals surface area contributed by atoms with Gasteiger partial charge in [0, 0.05) is 26.7 Å². The van der Waals surface area contributed by atoms with Gasteiger partial charge in [-0.1, -0.05) is 27.7 Å². The molecule has 252 valence electrons. The molecule has 4 aliphatic rings. The molecule has 0 aromatic rings. The molecule has 6 amide bonds. The first-order valence-corrected chi connectivity index (χ1v) is 16.4. The zero-order valence-electron chi connectivity index (χ0n) is 27.4. The number of nitrogens with zero attached hydrogens (tertiary/aromatic N) is 4. The van der Waals surface area contributed by atoms with Gasteiger partial charge < -0.3 is 15.5 Å². The smallest absolute Gasteiger partial charge is 0.261 e. The van der Waals surface area contributed by atoms with Crippen molar-refractivity contribution in [3.63, 3.8) is 0 Å². The van der Waals surface area contributed by atoms with Crippen molar-refractivity contribution < 1.29 is 28.8 Å². The van der Waals surface area contributed by atoms with Crippen molar-refractivity contribution in [2.75, 3.05) is 26.7 Å². The number of rotatable bonds is 3. The van der Waals surface area contributed by atoms with Crippen LogP contribution in [0.15, 0.2) is 0 Å². The summed E-state index contributed by atoms with van der Waals surface area (Å²) in [7, 11) is 1.52. The average molecular weight is 634 g/mol. The normalized spacial score (nSPS) is 31.6. The zero-order valence-corrected chi connectivity index (χ0v) is 27.4. The second-order valence-corrected chi connectivity index (χ2v) is 13.4. The molecule has 4 fully saturated rings. The van der Waals surface area contributed by atoms with Crippen LogP contribution in [0.4, 0.5) is 0 Å². The summed E-state index contributed by atoms with van der Waals surface area (Å²) < 4.78 is 0. The molecule has 0 aliphatic carbocycles. The van der Waals surface area contributed by atoms with Crippen LogP contribution in [0, 0.1) is 11.8 Å². The van der Waals surface area contributed by atoms with Gasteiger partial charge in [0.05, 0.1) is 0 Å². The van der Waals surface area contributed by atoms with Gasteiger partial charge in [0.15, 0.2) is 0 Å². The predicted molar refractivity (Wildman–Crippen MR) is 164 cm³/mol. The van der Waals surface area contributed by atoms with Crippen LogP contribution in [0.5, 0.6) is 0 Å². The van der Waals surface area contributed by atoms with Crippen LogP contribution < -0.4 is 26.9 Å². The molecule has 0 unspecified atom stereocenters. The molecule has 0 spiro atoms. The van der Waals surface area contributed by atoms with Crippen LogP contribution in [-0.4, -0.2) is 118 Å². The minimum absolute atomic E-state index is 0.0322. The molecule has 45 heavy (non-hydrogen) atoms. The molecule has 6 atom stereocenters. The van der Waals surface area contributed by atoms with Crippen LogP contribution >= 0.6 is 0 Å². The third kappa shape index (κ3) is 7.58. The van der Waals surface area contributed by atoms with Crippen molar-refractivity contribution in [2.24, 2.45) is 11.8 Å². The maximum absolute atomic E-state index is 14.1. The molecule has 4 saturated heterocycles. The van der Waals surface area contributed by atoms with Gasteiger partial charge >= 0.3 is 0 Å². The van der Waals surface area contributed by atoms with Crippen LogP contribution in [0.3, 0.4) is 0 Å². The number of carbonyl (C=O) groups excluding carboxylic acids is 6. The second-order valence-electron chi connectivity index (χ2n) is 13.4. The fraction of sp³-hybridized carbons (Fsp3) is 0.800. The lowest BCUT2D eigenvalue weighted by Gasteiger charge is -2.44. The first-order chi connectivity index (χ1) is 21.3. The molecule has 15 heteroatoms. The Labute approximate surface area is 265 Å². The topological polar surface area (TPSA) is 176 Å². The quantitative estimate of drug-likeness (QED) is 0.261. The number of fused-ring (bicyclic) bond motifs is 3. The highest BCUT2D eigenvalue weighted by Gasteiger charge is 2.45. The molecule has 0 radical (unpaired) electrons. The first-order valence-electron chi connectivity index (χ1n) is 16.4. The van der Waals surface area contributed by atoms with Gasteiger partial charge in [0.2, 0.25) is 17.7 Å². The third-order valence-corrected chi connectivity index (χ3v) is 9.19. The van der Waals surface area contributed by atoms with E-state index >= 15 is 0 Å². The molecular weight excluding hydrogens is 582 g/mol. The number of amides is 6. The fourth-order valence-corrected chi connectivity index (χ4v) is 6.45. The van der Waals surface area contributed by atoms with E-state index in [-0.39, 0.29) is 11.8 Å². The van der Waals surface area contributed by atoms with Crippen molar-refractivity contribution in [3.05, 3.63) is 0 Å². The molecule has 4 heterocycles. The maximum Gasteiger partial charge on any atom is 0.261 e. The monoisotopic (exact) mass is 633 g/mol. The van der Waals surface area contributed by atoms with Gasteiger partial charge in [0.25, 0.3) is 17.7 Å². The molecule has 4 rings (SSSR count). The Bertz CT molecular complexity index is 1150. The number of hydrogen-bond acceptors (Lipinski definition) is 9. The summed E-state index contributed by atoms with van der Waals surface area (Å²) in [6.07, 6.45) is 3.32. The molecule has 0 aromatic carbocycles. The van der Waals surface area contributed by atoms with E-state index < -0.39 is 71.7 Å². The predicted octanol–water partition coefficient (Wildman–Crippen LogP) is -0.995. The number of likely N-dealkylation sites (N-methyl/N-ethyl adjacent to an activating group) is 1. The average Bonchev–Trinajstić information content (AvgIpc) is 3.03. The Morgan fingerprint density at radius 3 is 1.67 bits per heavy atom. The summed E-state index contributed by atoms with van der Waals surface area (Å²) in [5.74, 6) is -3.09. The molecule has 0 saturated carbocycles. The highest BCUT2D eigenvalue weighted by atomic mass is 16.2. The van der Waals surface area contributed by atoms with E-state index in [1.807, 2.05) is 13.8 Å². The second kappa shape index (κ2) is 14.9. The highest BCUT2D eigenvalue weighted by molar-refractivity contribution is 5.98. The van der Waals surface area contributed by atoms with E-state index in [0.717, 1.165) is 0 Å². The minimum atomic E-state index is -0.989. The molecule has 0 bridgehead atoms. The largest absolute Gasteiger partial charge is 0.342 e. The van der Waals surface area contributed by atoms with Gasteiger partial charge in [-0.2, -0.15) is 0 Å². The molecule has 5 N–H and O–H groups in total. The van der Waals surface area contributed by atoms with Gasteiger partial charge in [-0.05, 0) is 63.7 Å². The summed E-state index contributed by atoms with van der Waals surface area (Å²) in [6.45, 7) is 10.5. The van der Waals surface area contributed by atoms with Crippen molar-refractivity contribution in [1.29, 1.82) is 0 Å². The number of carbonyl (C=O) groups is 6. The van der Waals surface area contributed by atoms with Crippen LogP contribution in [-0.2, 0) is 28.8 Å². The Morgan fingerprint density at radius 2 is 1.13 bits per heavy atom. The summed E-state index contributed by atoms with van der Waals surface area (Å²) >= 11 is 0. The van der Waals surface area contributed by atoms with E-state index in [1.165, 1.54) is 27.0 Å². The Kier molecular flexibility index (Phi) is 11.4. The van der Waals surface area contributed by atoms with Crippen molar-refractivity contribution in [3.8, 4) is 0 Å². The Morgan fingerprint density at radius 1 is 0.644 bits per heavy atom. The fourth-order valence-electron chi connectivity index (χ4n) is 6.45. The number of nitrogens with one attached hydrogen (secondary N) is 5. The van der Waals surface area contributed by atoms with Crippen molar-refractivity contribution >= 4 is 35.4 Å². The van der Waals surface area contributed by atoms with Crippen molar-refractivity contribution in [1.82, 2.24) is 46.8 Å². The zero-order chi connectivity index (χ0) is 33.0. The summed E-state index contributed by atoms with van der Waals surface area (Å²) in [5, 5.41) is 9.62. The summed E-state index contributed by atoms with van der Waals surface area (Å²) in [6, 6.07) is -5.62. The molecule has 15 nitrogen and oxygen atoms in total. The lowest BCUT2D eigenvalue weighted by atomic mass is 9.97. The number of hydrazine groups is 3. The van der Waals surface area contributed by atoms with Gasteiger partial charge in [-0.25, -0.2) is 16.3 Å². The third-order valence-electron chi connectivity index (χ3n) is 9.19. The Balaban J connectivity index is 1.76. The molecule has 4 aliphatic heterocycles. The van der Waals surface area contributed by atoms with Gasteiger partial charge in [-0.15, -0.1) is 0 Å². The summed E-state index contributed by atoms with van der Waals surface area (Å²) in [5.41, 5.74) is 9.17. The first kappa shape index (κ1) is 34.6. The van der Waals surface area contributed by atoms with Crippen LogP contribution in [0.25, 0.3) is 0 Å². The van der Waals surface area contributed by atoms with Gasteiger partial charge in [0.1, 0.15) is 36.3 Å². The van der Waals surface area contributed by atoms with E-state index in [9.17, 15) is 28.8 Å². The maximum atomic E-state index is 14.1. The number of hydrogen-bond donors (Lipinski definition) is 5.